The second kappa shape index (κ2) is 10.2. The molecule has 0 radical (unpaired) electrons. The molecule has 1 aromatic heterocycles. The van der Waals surface area contributed by atoms with E-state index >= 15 is 0 Å². The van der Waals surface area contributed by atoms with Crippen LogP contribution >= 0.6 is 15.9 Å². The van der Waals surface area contributed by atoms with Gasteiger partial charge in [-0.05, 0) is 50.6 Å². The maximum Gasteiger partial charge on any atom is 0.362 e. The number of ether oxygens (including phenoxy) is 2. The molecular formula is C22H21BrN2O7S. The molecule has 174 valence electrons. The average Bonchev–Trinajstić information content (AvgIpc) is 2.76. The van der Waals surface area contributed by atoms with Gasteiger partial charge in [-0.25, -0.2) is 4.79 Å². The molecule has 0 aliphatic heterocycles. The van der Waals surface area contributed by atoms with Crippen LogP contribution in [0.15, 0.2) is 62.7 Å². The zero-order chi connectivity index (χ0) is 24.2. The smallest absolute Gasteiger partial charge is 0.362 e. The highest BCUT2D eigenvalue weighted by Crippen LogP contribution is 2.31. The van der Waals surface area contributed by atoms with Crippen molar-refractivity contribution in [2.45, 2.75) is 25.7 Å². The molecule has 2 aromatic carbocycles. The van der Waals surface area contributed by atoms with Crippen molar-refractivity contribution in [3.63, 3.8) is 0 Å². The Morgan fingerprint density at radius 2 is 1.79 bits per heavy atom. The average molecular weight is 537 g/mol. The number of nitrogens with zero attached hydrogens (tertiary/aromatic N) is 2. The van der Waals surface area contributed by atoms with Crippen LogP contribution in [0.25, 0.3) is 5.69 Å². The Hall–Kier alpha value is -3.18. The number of carbonyl (C=O) groups excluding carboxylic acids is 1. The van der Waals surface area contributed by atoms with Crippen molar-refractivity contribution in [3.8, 4) is 17.2 Å². The number of esters is 1. The molecule has 0 unspecified atom stereocenters. The number of aryl methyl sites for hydroxylation is 1. The van der Waals surface area contributed by atoms with Crippen molar-refractivity contribution in [1.82, 2.24) is 9.78 Å². The fourth-order valence-electron chi connectivity index (χ4n) is 2.93. The van der Waals surface area contributed by atoms with Crippen LogP contribution in [0.5, 0.6) is 11.5 Å². The summed E-state index contributed by atoms with van der Waals surface area (Å²) >= 11 is 3.22. The molecule has 0 saturated carbocycles. The number of hydrogen-bond acceptors (Lipinski definition) is 8. The molecule has 0 aliphatic carbocycles. The number of hydrogen-bond donors (Lipinski definition) is 0. The first-order valence-corrected chi connectivity index (χ1v) is 12.1. The van der Waals surface area contributed by atoms with Gasteiger partial charge in [-0.2, -0.15) is 18.2 Å². The molecule has 3 rings (SSSR count). The van der Waals surface area contributed by atoms with Gasteiger partial charge in [0.25, 0.3) is 5.56 Å². The van der Waals surface area contributed by atoms with Gasteiger partial charge in [0, 0.05) is 4.47 Å². The zero-order valence-corrected chi connectivity index (χ0v) is 20.5. The minimum Gasteiger partial charge on any atom is -0.492 e. The maximum atomic E-state index is 13.1. The summed E-state index contributed by atoms with van der Waals surface area (Å²) in [5.41, 5.74) is -0.00942. The van der Waals surface area contributed by atoms with E-state index in [9.17, 15) is 18.0 Å². The predicted molar refractivity (Wildman–Crippen MR) is 124 cm³/mol. The normalized spacial score (nSPS) is 11.2. The van der Waals surface area contributed by atoms with E-state index in [0.717, 1.165) is 16.3 Å². The van der Waals surface area contributed by atoms with Gasteiger partial charge in [-0.3, -0.25) is 4.79 Å². The van der Waals surface area contributed by atoms with E-state index in [1.165, 1.54) is 12.1 Å². The van der Waals surface area contributed by atoms with Gasteiger partial charge in [-0.15, -0.1) is 0 Å². The number of halogens is 1. The van der Waals surface area contributed by atoms with E-state index < -0.39 is 33.1 Å². The van der Waals surface area contributed by atoms with Gasteiger partial charge in [0.15, 0.2) is 5.75 Å². The molecule has 33 heavy (non-hydrogen) atoms. The van der Waals surface area contributed by atoms with Crippen molar-refractivity contribution in [1.29, 1.82) is 0 Å². The zero-order valence-electron chi connectivity index (χ0n) is 18.1. The maximum absolute atomic E-state index is 13.1. The Bertz CT molecular complexity index is 1350. The molecular weight excluding hydrogens is 516 g/mol. The molecule has 0 N–H and O–H groups in total. The minimum absolute atomic E-state index is 0.0102. The summed E-state index contributed by atoms with van der Waals surface area (Å²) in [6.07, 6.45) is 0. The Morgan fingerprint density at radius 3 is 2.45 bits per heavy atom. The van der Waals surface area contributed by atoms with Crippen LogP contribution in [0.1, 0.15) is 29.9 Å². The van der Waals surface area contributed by atoms with E-state index in [1.807, 2.05) is 0 Å². The Balaban J connectivity index is 2.16. The molecule has 0 atom stereocenters. The van der Waals surface area contributed by atoms with Crippen LogP contribution in [-0.2, 0) is 14.9 Å². The van der Waals surface area contributed by atoms with Crippen LogP contribution < -0.4 is 14.5 Å². The molecule has 9 nitrogen and oxygen atoms in total. The highest BCUT2D eigenvalue weighted by molar-refractivity contribution is 9.10. The van der Waals surface area contributed by atoms with Gasteiger partial charge < -0.3 is 13.7 Å². The molecule has 11 heteroatoms. The van der Waals surface area contributed by atoms with E-state index in [-0.39, 0.29) is 23.9 Å². The highest BCUT2D eigenvalue weighted by Gasteiger charge is 2.28. The van der Waals surface area contributed by atoms with E-state index in [0.29, 0.717) is 10.2 Å². The second-order valence-corrected chi connectivity index (χ2v) is 9.11. The SMILES string of the molecule is CCOC(=O)c1nn(-c2ccccc2C)c(=O)cc1OS(=O)(=O)c1cc(Br)ccc1OCC. The first kappa shape index (κ1) is 24.5. The molecule has 0 aliphatic rings. The molecule has 0 fully saturated rings. The summed E-state index contributed by atoms with van der Waals surface area (Å²) in [6.45, 7) is 5.28. The number of aromatic nitrogens is 2. The van der Waals surface area contributed by atoms with E-state index in [1.54, 1.807) is 51.1 Å². The lowest BCUT2D eigenvalue weighted by Gasteiger charge is -2.15. The molecule has 0 amide bonds. The van der Waals surface area contributed by atoms with Crippen LogP contribution in [-0.4, -0.2) is 37.4 Å². The van der Waals surface area contributed by atoms with Crippen molar-refractivity contribution in [2.24, 2.45) is 0 Å². The predicted octanol–water partition coefficient (Wildman–Crippen LogP) is 3.65. The third kappa shape index (κ3) is 5.42. The van der Waals surface area contributed by atoms with Crippen LogP contribution in [0, 0.1) is 6.92 Å². The summed E-state index contributed by atoms with van der Waals surface area (Å²) in [7, 11) is -4.51. The van der Waals surface area contributed by atoms with Crippen LogP contribution in [0.2, 0.25) is 0 Å². The Labute approximate surface area is 199 Å². The first-order valence-electron chi connectivity index (χ1n) is 9.92. The Morgan fingerprint density at radius 1 is 1.06 bits per heavy atom. The summed E-state index contributed by atoms with van der Waals surface area (Å²) in [5.74, 6) is -1.44. The van der Waals surface area contributed by atoms with Crippen molar-refractivity contribution < 1.29 is 26.9 Å². The third-order valence-electron chi connectivity index (χ3n) is 4.38. The van der Waals surface area contributed by atoms with Crippen molar-refractivity contribution in [2.75, 3.05) is 13.2 Å². The standard InChI is InChI=1S/C22H21BrN2O7S/c1-4-30-17-11-10-15(23)12-19(17)33(28,29)32-18-13-20(26)25(16-9-7-6-8-14(16)3)24-21(18)22(27)31-5-2/h6-13H,4-5H2,1-3H3. The van der Waals surface area contributed by atoms with Crippen molar-refractivity contribution >= 4 is 32.0 Å². The monoisotopic (exact) mass is 536 g/mol. The molecule has 0 saturated heterocycles. The summed E-state index contributed by atoms with van der Waals surface area (Å²) in [5, 5.41) is 4.08. The Kier molecular flexibility index (Phi) is 7.54. The lowest BCUT2D eigenvalue weighted by atomic mass is 10.2. The number of carbonyl (C=O) groups is 1. The van der Waals surface area contributed by atoms with Gasteiger partial charge in [-0.1, -0.05) is 34.1 Å². The fourth-order valence-corrected chi connectivity index (χ4v) is 4.54. The molecule has 0 spiro atoms. The fraction of sp³-hybridized carbons (Fsp3) is 0.227. The molecule has 0 bridgehead atoms. The summed E-state index contributed by atoms with van der Waals surface area (Å²) in [4.78, 5) is 25.1. The van der Waals surface area contributed by atoms with Gasteiger partial charge >= 0.3 is 16.1 Å². The molecule has 1 heterocycles. The summed E-state index contributed by atoms with van der Waals surface area (Å²) < 4.78 is 43.3. The summed E-state index contributed by atoms with van der Waals surface area (Å²) in [6, 6.07) is 12.2. The van der Waals surface area contributed by atoms with Crippen LogP contribution in [0.3, 0.4) is 0 Å². The first-order chi connectivity index (χ1) is 15.7. The second-order valence-electron chi connectivity index (χ2n) is 6.68. The van der Waals surface area contributed by atoms with E-state index in [2.05, 4.69) is 21.0 Å². The topological polar surface area (TPSA) is 114 Å². The number of rotatable bonds is 8. The van der Waals surface area contributed by atoms with Crippen LogP contribution in [0.4, 0.5) is 0 Å². The largest absolute Gasteiger partial charge is 0.492 e. The van der Waals surface area contributed by atoms with Gasteiger partial charge in [0.05, 0.1) is 25.0 Å². The molecule has 3 aromatic rings. The lowest BCUT2D eigenvalue weighted by molar-refractivity contribution is 0.0515. The van der Waals surface area contributed by atoms with Crippen molar-refractivity contribution in [3.05, 3.63) is 74.6 Å². The number of para-hydroxylation sites is 1. The van der Waals surface area contributed by atoms with Gasteiger partial charge in [0.1, 0.15) is 10.6 Å². The van der Waals surface area contributed by atoms with E-state index in [4.69, 9.17) is 13.7 Å². The van der Waals surface area contributed by atoms with Gasteiger partial charge in [0.2, 0.25) is 5.69 Å². The lowest BCUT2D eigenvalue weighted by Crippen LogP contribution is -2.26. The minimum atomic E-state index is -4.51. The third-order valence-corrected chi connectivity index (χ3v) is 6.13. The quantitative estimate of drug-likeness (QED) is 0.316. The number of benzene rings is 2. The highest BCUT2D eigenvalue weighted by atomic mass is 79.9.